The van der Waals surface area contributed by atoms with Crippen molar-refractivity contribution in [2.24, 2.45) is 0 Å². The van der Waals surface area contributed by atoms with Crippen LogP contribution in [-0.4, -0.2) is 4.98 Å². The van der Waals surface area contributed by atoms with Gasteiger partial charge < -0.3 is 5.73 Å². The molecule has 0 aliphatic heterocycles. The number of benzene rings is 1. The molecule has 0 spiro atoms. The second kappa shape index (κ2) is 3.69. The molecule has 15 heavy (non-hydrogen) atoms. The zero-order valence-electron chi connectivity index (χ0n) is 8.37. The maximum atomic E-state index is 13.0. The van der Waals surface area contributed by atoms with E-state index in [1.807, 2.05) is 13.0 Å². The Morgan fingerprint density at radius 1 is 1.20 bits per heavy atom. The lowest BCUT2D eigenvalue weighted by Gasteiger charge is -2.04. The van der Waals surface area contributed by atoms with Crippen LogP contribution in [0.3, 0.4) is 0 Å². The van der Waals surface area contributed by atoms with E-state index in [-0.39, 0.29) is 5.82 Å². The molecule has 1 aromatic heterocycles. The van der Waals surface area contributed by atoms with Crippen molar-refractivity contribution < 1.29 is 4.39 Å². The van der Waals surface area contributed by atoms with Gasteiger partial charge in [0, 0.05) is 11.8 Å². The second-order valence-corrected chi connectivity index (χ2v) is 3.41. The van der Waals surface area contributed by atoms with Gasteiger partial charge in [-0.15, -0.1) is 0 Å². The molecule has 0 aliphatic carbocycles. The highest BCUT2D eigenvalue weighted by molar-refractivity contribution is 5.66. The minimum atomic E-state index is -0.258. The van der Waals surface area contributed by atoms with Gasteiger partial charge >= 0.3 is 0 Å². The van der Waals surface area contributed by atoms with E-state index in [0.29, 0.717) is 5.69 Å². The topological polar surface area (TPSA) is 38.9 Å². The summed E-state index contributed by atoms with van der Waals surface area (Å²) >= 11 is 0. The first-order valence-corrected chi connectivity index (χ1v) is 4.65. The molecule has 0 saturated heterocycles. The first-order chi connectivity index (χ1) is 7.16. The summed E-state index contributed by atoms with van der Waals surface area (Å²) in [5.74, 6) is -0.258. The van der Waals surface area contributed by atoms with E-state index in [1.54, 1.807) is 18.3 Å². The minimum Gasteiger partial charge on any atom is -0.397 e. The fourth-order valence-corrected chi connectivity index (χ4v) is 1.38. The zero-order valence-corrected chi connectivity index (χ0v) is 8.37. The number of pyridine rings is 1. The standard InChI is InChI=1S/C12H11FN2/c1-8-12(14)6-10(7-15-8)9-3-2-4-11(13)5-9/h2-7H,14H2,1H3. The normalized spacial score (nSPS) is 10.3. The van der Waals surface area contributed by atoms with Crippen molar-refractivity contribution in [2.45, 2.75) is 6.92 Å². The zero-order chi connectivity index (χ0) is 10.8. The molecule has 0 aliphatic rings. The molecule has 0 saturated carbocycles. The van der Waals surface area contributed by atoms with E-state index in [2.05, 4.69) is 4.98 Å². The second-order valence-electron chi connectivity index (χ2n) is 3.41. The average Bonchev–Trinajstić information content (AvgIpc) is 2.22. The summed E-state index contributed by atoms with van der Waals surface area (Å²) in [7, 11) is 0. The summed E-state index contributed by atoms with van der Waals surface area (Å²) in [6, 6.07) is 8.17. The number of hydrogen-bond acceptors (Lipinski definition) is 2. The van der Waals surface area contributed by atoms with Crippen LogP contribution in [0.2, 0.25) is 0 Å². The van der Waals surface area contributed by atoms with E-state index in [0.717, 1.165) is 16.8 Å². The highest BCUT2D eigenvalue weighted by Gasteiger charge is 2.01. The quantitative estimate of drug-likeness (QED) is 0.772. The molecular weight excluding hydrogens is 191 g/mol. The Morgan fingerprint density at radius 2 is 2.00 bits per heavy atom. The van der Waals surface area contributed by atoms with Crippen LogP contribution in [0.4, 0.5) is 10.1 Å². The Hall–Kier alpha value is -1.90. The van der Waals surface area contributed by atoms with E-state index in [9.17, 15) is 4.39 Å². The largest absolute Gasteiger partial charge is 0.397 e. The maximum Gasteiger partial charge on any atom is 0.123 e. The third-order valence-corrected chi connectivity index (χ3v) is 2.28. The lowest BCUT2D eigenvalue weighted by Crippen LogP contribution is -1.93. The molecule has 0 fully saturated rings. The Bertz CT molecular complexity index is 495. The molecule has 76 valence electrons. The van der Waals surface area contributed by atoms with Crippen LogP contribution in [0.15, 0.2) is 36.5 Å². The first-order valence-electron chi connectivity index (χ1n) is 4.65. The van der Waals surface area contributed by atoms with Crippen LogP contribution in [0.1, 0.15) is 5.69 Å². The van der Waals surface area contributed by atoms with Gasteiger partial charge in [0.15, 0.2) is 0 Å². The summed E-state index contributed by atoms with van der Waals surface area (Å²) in [6.45, 7) is 1.84. The van der Waals surface area contributed by atoms with Crippen LogP contribution in [0.5, 0.6) is 0 Å². The van der Waals surface area contributed by atoms with Gasteiger partial charge in [0.2, 0.25) is 0 Å². The van der Waals surface area contributed by atoms with Crippen molar-refractivity contribution in [3.63, 3.8) is 0 Å². The van der Waals surface area contributed by atoms with Gasteiger partial charge in [-0.1, -0.05) is 12.1 Å². The predicted molar refractivity (Wildman–Crippen MR) is 58.8 cm³/mol. The number of rotatable bonds is 1. The van der Waals surface area contributed by atoms with Gasteiger partial charge in [-0.05, 0) is 30.7 Å². The van der Waals surface area contributed by atoms with Gasteiger partial charge in [0.1, 0.15) is 5.82 Å². The summed E-state index contributed by atoms with van der Waals surface area (Å²) < 4.78 is 13.0. The summed E-state index contributed by atoms with van der Waals surface area (Å²) in [4.78, 5) is 4.14. The molecule has 3 heteroatoms. The molecule has 2 rings (SSSR count). The fourth-order valence-electron chi connectivity index (χ4n) is 1.38. The van der Waals surface area contributed by atoms with Crippen LogP contribution >= 0.6 is 0 Å². The van der Waals surface area contributed by atoms with Gasteiger partial charge in [0.25, 0.3) is 0 Å². The first kappa shape index (κ1) is 9.65. The SMILES string of the molecule is Cc1ncc(-c2cccc(F)c2)cc1N. The third kappa shape index (κ3) is 1.96. The molecule has 0 unspecified atom stereocenters. The lowest BCUT2D eigenvalue weighted by molar-refractivity contribution is 0.628. The number of nitrogen functional groups attached to an aromatic ring is 1. The number of halogens is 1. The smallest absolute Gasteiger partial charge is 0.123 e. The Balaban J connectivity index is 2.50. The van der Waals surface area contributed by atoms with Gasteiger partial charge in [-0.2, -0.15) is 0 Å². The molecule has 0 radical (unpaired) electrons. The molecule has 0 bridgehead atoms. The molecular formula is C12H11FN2. The maximum absolute atomic E-state index is 13.0. The number of nitrogens with two attached hydrogens (primary N) is 1. The highest BCUT2D eigenvalue weighted by Crippen LogP contribution is 2.22. The Labute approximate surface area is 87.6 Å². The number of aryl methyl sites for hydroxylation is 1. The van der Waals surface area contributed by atoms with E-state index >= 15 is 0 Å². The molecule has 1 heterocycles. The molecule has 2 N–H and O–H groups in total. The molecule has 2 nitrogen and oxygen atoms in total. The lowest BCUT2D eigenvalue weighted by atomic mass is 10.1. The Morgan fingerprint density at radius 3 is 2.67 bits per heavy atom. The molecule has 2 aromatic rings. The van der Waals surface area contributed by atoms with E-state index in [1.165, 1.54) is 12.1 Å². The van der Waals surface area contributed by atoms with E-state index < -0.39 is 0 Å². The number of hydrogen-bond donors (Lipinski definition) is 1. The molecule has 0 atom stereocenters. The van der Waals surface area contributed by atoms with Crippen LogP contribution in [0, 0.1) is 12.7 Å². The van der Waals surface area contributed by atoms with Crippen molar-refractivity contribution in [1.29, 1.82) is 0 Å². The monoisotopic (exact) mass is 202 g/mol. The highest BCUT2D eigenvalue weighted by atomic mass is 19.1. The van der Waals surface area contributed by atoms with E-state index in [4.69, 9.17) is 5.73 Å². The molecule has 1 aromatic carbocycles. The number of aromatic nitrogens is 1. The van der Waals surface area contributed by atoms with Gasteiger partial charge in [-0.25, -0.2) is 4.39 Å². The van der Waals surface area contributed by atoms with Crippen molar-refractivity contribution in [3.05, 3.63) is 48.0 Å². The van der Waals surface area contributed by atoms with Crippen molar-refractivity contribution in [3.8, 4) is 11.1 Å². The number of nitrogens with zero attached hydrogens (tertiary/aromatic N) is 1. The third-order valence-electron chi connectivity index (χ3n) is 2.28. The number of anilines is 1. The molecule has 0 amide bonds. The minimum absolute atomic E-state index is 0.258. The van der Waals surface area contributed by atoms with Crippen LogP contribution in [-0.2, 0) is 0 Å². The summed E-state index contributed by atoms with van der Waals surface area (Å²) in [6.07, 6.45) is 1.69. The van der Waals surface area contributed by atoms with Crippen molar-refractivity contribution in [1.82, 2.24) is 4.98 Å². The fraction of sp³-hybridized carbons (Fsp3) is 0.0833. The summed E-state index contributed by atoms with van der Waals surface area (Å²) in [5, 5.41) is 0. The average molecular weight is 202 g/mol. The van der Waals surface area contributed by atoms with Crippen molar-refractivity contribution in [2.75, 3.05) is 5.73 Å². The van der Waals surface area contributed by atoms with Gasteiger partial charge in [0.05, 0.1) is 11.4 Å². The van der Waals surface area contributed by atoms with Gasteiger partial charge in [-0.3, -0.25) is 4.98 Å². The van der Waals surface area contributed by atoms with Crippen LogP contribution < -0.4 is 5.73 Å². The van der Waals surface area contributed by atoms with Crippen LogP contribution in [0.25, 0.3) is 11.1 Å². The Kier molecular flexibility index (Phi) is 2.37. The van der Waals surface area contributed by atoms with Crippen molar-refractivity contribution >= 4 is 5.69 Å². The predicted octanol–water partition coefficient (Wildman–Crippen LogP) is 2.78. The summed E-state index contributed by atoms with van der Waals surface area (Å²) in [5.41, 5.74) is 8.77.